The van der Waals surface area contributed by atoms with Gasteiger partial charge in [-0.05, 0) is 74.6 Å². The Morgan fingerprint density at radius 3 is 1.91 bits per heavy atom. The number of amidine groups is 1. The predicted octanol–water partition coefficient (Wildman–Crippen LogP) is 13.1. The van der Waals surface area contributed by atoms with Crippen LogP contribution in [-0.4, -0.2) is 11.5 Å². The van der Waals surface area contributed by atoms with Crippen LogP contribution in [0.5, 0.6) is 0 Å². The Morgan fingerprint density at radius 1 is 0.415 bits per heavy atom. The number of hydrogen-bond donors (Lipinski definition) is 0. The quantitative estimate of drug-likeness (QED) is 0.174. The van der Waals surface area contributed by atoms with Crippen molar-refractivity contribution < 1.29 is 8.83 Å². The van der Waals surface area contributed by atoms with Gasteiger partial charge in [0.05, 0.1) is 11.4 Å². The molecule has 0 bridgehead atoms. The Morgan fingerprint density at radius 2 is 1.08 bits per heavy atom. The van der Waals surface area contributed by atoms with Gasteiger partial charge in [0.25, 0.3) is 0 Å². The first-order valence-corrected chi connectivity index (χ1v) is 18.0. The van der Waals surface area contributed by atoms with Crippen molar-refractivity contribution in [3.05, 3.63) is 187 Å². The molecule has 0 spiro atoms. The third kappa shape index (κ3) is 4.77. The van der Waals surface area contributed by atoms with E-state index in [-0.39, 0.29) is 0 Å². The van der Waals surface area contributed by atoms with Crippen LogP contribution in [0, 0.1) is 0 Å². The van der Waals surface area contributed by atoms with Crippen molar-refractivity contribution in [3.63, 3.8) is 0 Å². The number of para-hydroxylation sites is 2. The van der Waals surface area contributed by atoms with E-state index in [0.29, 0.717) is 12.3 Å². The molecule has 11 rings (SSSR count). The maximum absolute atomic E-state index is 6.52. The molecule has 8 aromatic carbocycles. The van der Waals surface area contributed by atoms with Crippen molar-refractivity contribution in [2.24, 2.45) is 9.98 Å². The van der Waals surface area contributed by atoms with Gasteiger partial charge in [0.15, 0.2) is 5.84 Å². The average Bonchev–Trinajstić information content (AvgIpc) is 3.71. The fourth-order valence-electron chi connectivity index (χ4n) is 8.10. The number of allylic oxidation sites excluding steroid dienone is 1. The van der Waals surface area contributed by atoms with Crippen LogP contribution in [0.25, 0.3) is 82.2 Å². The van der Waals surface area contributed by atoms with E-state index in [4.69, 9.17) is 18.8 Å². The van der Waals surface area contributed by atoms with Crippen LogP contribution in [0.3, 0.4) is 0 Å². The number of fused-ring (bicyclic) bond motifs is 9. The largest absolute Gasteiger partial charge is 0.456 e. The smallest absolute Gasteiger partial charge is 0.161 e. The average molecular weight is 679 g/mol. The summed E-state index contributed by atoms with van der Waals surface area (Å²) in [5.74, 6) is 0.642. The third-order valence-corrected chi connectivity index (χ3v) is 10.6. The maximum Gasteiger partial charge on any atom is 0.161 e. The topological polar surface area (TPSA) is 51.0 Å². The molecule has 0 fully saturated rings. The van der Waals surface area contributed by atoms with Crippen molar-refractivity contribution in [1.82, 2.24) is 0 Å². The van der Waals surface area contributed by atoms with Crippen LogP contribution in [0.2, 0.25) is 0 Å². The first-order chi connectivity index (χ1) is 26.3. The van der Waals surface area contributed by atoms with E-state index in [1.807, 2.05) is 36.4 Å². The molecule has 4 heteroatoms. The van der Waals surface area contributed by atoms with Crippen molar-refractivity contribution >= 4 is 82.7 Å². The Kier molecular flexibility index (Phi) is 6.58. The molecule has 0 radical (unpaired) electrons. The maximum atomic E-state index is 6.52. The van der Waals surface area contributed by atoms with E-state index in [1.54, 1.807) is 0 Å². The zero-order valence-electron chi connectivity index (χ0n) is 28.6. The second-order valence-corrected chi connectivity index (χ2v) is 13.6. The summed E-state index contributed by atoms with van der Waals surface area (Å²) in [6, 6.07) is 57.1. The molecule has 3 heterocycles. The van der Waals surface area contributed by atoms with Gasteiger partial charge in [-0.25, -0.2) is 9.98 Å². The summed E-state index contributed by atoms with van der Waals surface area (Å²) in [5, 5.41) is 9.03. The molecule has 0 unspecified atom stereocenters. The van der Waals surface area contributed by atoms with Crippen molar-refractivity contribution in [2.45, 2.75) is 6.42 Å². The van der Waals surface area contributed by atoms with E-state index in [1.165, 1.54) is 21.5 Å². The number of hydrogen-bond acceptors (Lipinski definition) is 4. The first kappa shape index (κ1) is 29.7. The third-order valence-electron chi connectivity index (χ3n) is 10.6. The molecule has 0 atom stereocenters. The lowest BCUT2D eigenvalue weighted by molar-refractivity contribution is 0.669. The van der Waals surface area contributed by atoms with Crippen LogP contribution >= 0.6 is 0 Å². The van der Waals surface area contributed by atoms with Gasteiger partial charge in [-0.2, -0.15) is 0 Å². The highest BCUT2D eigenvalue weighted by molar-refractivity contribution is 6.27. The molecule has 0 amide bonds. The fraction of sp³-hybridized carbons (Fsp3) is 0.0204. The minimum Gasteiger partial charge on any atom is -0.456 e. The van der Waals surface area contributed by atoms with E-state index in [9.17, 15) is 0 Å². The van der Waals surface area contributed by atoms with E-state index >= 15 is 0 Å². The van der Waals surface area contributed by atoms with Gasteiger partial charge < -0.3 is 8.83 Å². The van der Waals surface area contributed by atoms with Gasteiger partial charge in [-0.3, -0.25) is 0 Å². The summed E-state index contributed by atoms with van der Waals surface area (Å²) in [6.45, 7) is 0. The number of rotatable bonds is 4. The zero-order chi connectivity index (χ0) is 34.9. The van der Waals surface area contributed by atoms with E-state index in [0.717, 1.165) is 83.1 Å². The second kappa shape index (κ2) is 11.8. The number of benzene rings is 8. The van der Waals surface area contributed by atoms with Crippen LogP contribution in [0.15, 0.2) is 189 Å². The molecule has 0 N–H and O–H groups in total. The summed E-state index contributed by atoms with van der Waals surface area (Å²) in [7, 11) is 0. The lowest BCUT2D eigenvalue weighted by Gasteiger charge is -2.14. The summed E-state index contributed by atoms with van der Waals surface area (Å²) in [5.41, 5.74) is 10.3. The summed E-state index contributed by atoms with van der Waals surface area (Å²) in [6.07, 6.45) is 2.85. The summed E-state index contributed by atoms with van der Waals surface area (Å²) < 4.78 is 12.9. The molecule has 2 aromatic heterocycles. The Hall–Kier alpha value is -7.04. The van der Waals surface area contributed by atoms with Gasteiger partial charge in [-0.15, -0.1) is 0 Å². The Labute approximate surface area is 304 Å². The highest BCUT2D eigenvalue weighted by Gasteiger charge is 2.25. The number of nitrogens with zero attached hydrogens (tertiary/aromatic N) is 2. The molecule has 0 aliphatic carbocycles. The fourth-order valence-corrected chi connectivity index (χ4v) is 8.10. The summed E-state index contributed by atoms with van der Waals surface area (Å²) >= 11 is 0. The number of aliphatic imine (C=N–C) groups is 2. The lowest BCUT2D eigenvalue weighted by atomic mass is 9.91. The molecular weight excluding hydrogens is 649 g/mol. The molecule has 248 valence electrons. The molecule has 53 heavy (non-hydrogen) atoms. The molecule has 4 nitrogen and oxygen atoms in total. The van der Waals surface area contributed by atoms with Crippen LogP contribution in [0.1, 0.15) is 23.1 Å². The van der Waals surface area contributed by atoms with Crippen LogP contribution in [0.4, 0.5) is 0 Å². The SMILES string of the molecule is C1=C(c2ccc3c(ccc4ccccc43)c2)N=C(c2c(-c3cccc4oc5ccccc5c34)ccc3oc4ccccc4c23)N=C(c2ccccc2)C1. The van der Waals surface area contributed by atoms with Gasteiger partial charge in [0.2, 0.25) is 0 Å². The predicted molar refractivity (Wildman–Crippen MR) is 220 cm³/mol. The monoisotopic (exact) mass is 678 g/mol. The van der Waals surface area contributed by atoms with E-state index < -0.39 is 0 Å². The minimum atomic E-state index is 0.626. The second-order valence-electron chi connectivity index (χ2n) is 13.6. The molecular formula is C49H30N2O2. The first-order valence-electron chi connectivity index (χ1n) is 18.0. The molecule has 0 saturated heterocycles. The van der Waals surface area contributed by atoms with E-state index in [2.05, 4.69) is 133 Å². The highest BCUT2D eigenvalue weighted by Crippen LogP contribution is 2.43. The molecule has 1 aliphatic rings. The highest BCUT2D eigenvalue weighted by atomic mass is 16.3. The minimum absolute atomic E-state index is 0.626. The number of furan rings is 2. The lowest BCUT2D eigenvalue weighted by Crippen LogP contribution is -2.07. The Bertz CT molecular complexity index is 3200. The van der Waals surface area contributed by atoms with Crippen molar-refractivity contribution in [2.75, 3.05) is 0 Å². The van der Waals surface area contributed by atoms with Crippen molar-refractivity contribution in [3.8, 4) is 11.1 Å². The normalized spacial score (nSPS) is 13.5. The molecule has 10 aromatic rings. The zero-order valence-corrected chi connectivity index (χ0v) is 28.6. The van der Waals surface area contributed by atoms with Crippen molar-refractivity contribution in [1.29, 1.82) is 0 Å². The molecule has 1 aliphatic heterocycles. The Balaban J connectivity index is 1.22. The van der Waals surface area contributed by atoms with Crippen LogP contribution < -0.4 is 0 Å². The van der Waals surface area contributed by atoms with Gasteiger partial charge >= 0.3 is 0 Å². The van der Waals surface area contributed by atoms with Gasteiger partial charge in [-0.1, -0.05) is 133 Å². The van der Waals surface area contributed by atoms with Gasteiger partial charge in [0.1, 0.15) is 22.3 Å². The summed E-state index contributed by atoms with van der Waals surface area (Å²) in [4.78, 5) is 11.0. The molecule has 0 saturated carbocycles. The van der Waals surface area contributed by atoms with Gasteiger partial charge in [0, 0.05) is 39.1 Å². The van der Waals surface area contributed by atoms with Crippen LogP contribution in [-0.2, 0) is 0 Å². The standard InChI is InChI=1S/C49H30N2O2/c1-2-12-31(13-3-1)40-26-27-41(33-23-24-35-32(29-33)22-21-30-11-4-5-14-34(30)35)51-49(50-40)48-37(25-28-45-47(48)39-16-7-9-19-43(39)53-45)36-17-10-20-44-46(36)38-15-6-8-18-42(38)52-44/h1-25,27-29H,26H2.